The highest BCUT2D eigenvalue weighted by Gasteiger charge is 2.32. The number of hydrogen-bond donors (Lipinski definition) is 2. The van der Waals surface area contributed by atoms with Crippen LogP contribution in [-0.2, 0) is 6.54 Å². The highest BCUT2D eigenvalue weighted by Crippen LogP contribution is 2.41. The zero-order valence-corrected chi connectivity index (χ0v) is 14.2. The summed E-state index contributed by atoms with van der Waals surface area (Å²) in [5.41, 5.74) is 13.1. The van der Waals surface area contributed by atoms with Crippen molar-refractivity contribution in [2.24, 2.45) is 11.5 Å². The van der Waals surface area contributed by atoms with Crippen molar-refractivity contribution < 1.29 is 8.78 Å². The second-order valence-corrected chi connectivity index (χ2v) is 7.13. The van der Waals surface area contributed by atoms with Crippen molar-refractivity contribution in [1.29, 1.82) is 0 Å². The van der Waals surface area contributed by atoms with E-state index in [2.05, 4.69) is 0 Å². The third-order valence-corrected chi connectivity index (χ3v) is 5.34. The van der Waals surface area contributed by atoms with Gasteiger partial charge in [0.1, 0.15) is 0 Å². The van der Waals surface area contributed by atoms with E-state index in [0.717, 1.165) is 19.3 Å². The van der Waals surface area contributed by atoms with E-state index in [4.69, 9.17) is 11.5 Å². The van der Waals surface area contributed by atoms with E-state index in [1.54, 1.807) is 16.4 Å². The Kier molecular flexibility index (Phi) is 3.81. The number of rotatable bonds is 3. The Hall–Kier alpha value is -1.99. The van der Waals surface area contributed by atoms with Crippen molar-refractivity contribution in [3.8, 4) is 0 Å². The molecule has 2 aromatic rings. The number of nitrogens with two attached hydrogens (primary N) is 2. The van der Waals surface area contributed by atoms with Gasteiger partial charge in [0, 0.05) is 48.7 Å². The molecule has 0 bridgehead atoms. The minimum Gasteiger partial charge on any atom is -0.367 e. The normalized spacial score (nSPS) is 20.7. The van der Waals surface area contributed by atoms with Crippen LogP contribution in [0.2, 0.25) is 0 Å². The van der Waals surface area contributed by atoms with Gasteiger partial charge in [-0.1, -0.05) is 0 Å². The molecule has 4 rings (SSSR count). The fourth-order valence-electron chi connectivity index (χ4n) is 4.00. The highest BCUT2D eigenvalue weighted by molar-refractivity contribution is 5.91. The second kappa shape index (κ2) is 5.78. The monoisotopic (exact) mass is 348 g/mol. The summed E-state index contributed by atoms with van der Waals surface area (Å²) in [5, 5.41) is 0.135. The molecule has 0 unspecified atom stereocenters. The molecule has 1 atom stereocenters. The largest absolute Gasteiger partial charge is 0.367 e. The maximum Gasteiger partial charge on any atom is 0.251 e. The summed E-state index contributed by atoms with van der Waals surface area (Å²) in [6.07, 6.45) is 2.48. The minimum atomic E-state index is -0.925. The van der Waals surface area contributed by atoms with Crippen molar-refractivity contribution in [3.63, 3.8) is 0 Å². The molecule has 2 aliphatic rings. The topological polar surface area (TPSA) is 77.3 Å². The quantitative estimate of drug-likeness (QED) is 0.888. The van der Waals surface area contributed by atoms with Gasteiger partial charge in [0.15, 0.2) is 11.6 Å². The summed E-state index contributed by atoms with van der Waals surface area (Å²) in [4.78, 5) is 14.4. The fraction of sp³-hybridized carbons (Fsp3) is 0.500. The van der Waals surface area contributed by atoms with Crippen LogP contribution in [0.15, 0.2) is 10.9 Å². The smallest absolute Gasteiger partial charge is 0.251 e. The summed E-state index contributed by atoms with van der Waals surface area (Å²) in [6.45, 7) is 2.80. The molecule has 0 spiro atoms. The number of hydrogen-bond acceptors (Lipinski definition) is 4. The molecular weight excluding hydrogens is 326 g/mol. The van der Waals surface area contributed by atoms with Crippen LogP contribution >= 0.6 is 0 Å². The Bertz CT molecular complexity index is 920. The predicted molar refractivity (Wildman–Crippen MR) is 93.8 cm³/mol. The van der Waals surface area contributed by atoms with Crippen LogP contribution in [0.3, 0.4) is 0 Å². The average Bonchev–Trinajstić information content (AvgIpc) is 3.33. The van der Waals surface area contributed by atoms with Gasteiger partial charge in [-0.05, 0) is 31.7 Å². The second-order valence-electron chi connectivity index (χ2n) is 7.13. The molecule has 1 aromatic heterocycles. The van der Waals surface area contributed by atoms with E-state index >= 15 is 4.39 Å². The number of pyridine rings is 1. The molecular formula is C18H22F2N4O. The first-order valence-corrected chi connectivity index (χ1v) is 8.70. The number of fused-ring (bicyclic) bond motifs is 1. The molecule has 1 saturated heterocycles. The Labute approximate surface area is 144 Å². The summed E-state index contributed by atoms with van der Waals surface area (Å²) >= 11 is 0. The number of aryl methyl sites for hydroxylation is 1. The van der Waals surface area contributed by atoms with Crippen molar-refractivity contribution in [1.82, 2.24) is 4.57 Å². The van der Waals surface area contributed by atoms with Gasteiger partial charge >= 0.3 is 0 Å². The maximum atomic E-state index is 15.0. The molecule has 0 amide bonds. The summed E-state index contributed by atoms with van der Waals surface area (Å²) in [5.74, 6) is -1.80. The standard InChI is InChI=1S/C18H22F2N4O/c1-9-17-14(10(7-21)6-13(25)24(17)12-2-3-12)15(19)16(20)18(9)23-5-4-11(22)8-23/h6,11-12H,2-5,7-8,21-22H2,1H3/t11-/m0/s1. The van der Waals surface area contributed by atoms with Crippen LogP contribution < -0.4 is 21.9 Å². The molecule has 1 saturated carbocycles. The van der Waals surface area contributed by atoms with Crippen molar-refractivity contribution in [2.45, 2.75) is 44.8 Å². The SMILES string of the molecule is Cc1c(N2CC[C@H](N)C2)c(F)c(F)c2c(CN)cc(=O)n(C3CC3)c12. The maximum absolute atomic E-state index is 15.0. The molecule has 4 N–H and O–H groups in total. The van der Waals surface area contributed by atoms with E-state index < -0.39 is 11.6 Å². The Morgan fingerprint density at radius 2 is 1.96 bits per heavy atom. The molecule has 1 aromatic carbocycles. The van der Waals surface area contributed by atoms with Crippen LogP contribution in [0.25, 0.3) is 10.9 Å². The number of aromatic nitrogens is 1. The van der Waals surface area contributed by atoms with Crippen LogP contribution in [0.4, 0.5) is 14.5 Å². The van der Waals surface area contributed by atoms with Gasteiger partial charge in [0.05, 0.1) is 11.2 Å². The summed E-state index contributed by atoms with van der Waals surface area (Å²) < 4.78 is 31.6. The predicted octanol–water partition coefficient (Wildman–Crippen LogP) is 1.92. The lowest BCUT2D eigenvalue weighted by Crippen LogP contribution is -2.29. The number of halogens is 2. The first-order valence-electron chi connectivity index (χ1n) is 8.70. The van der Waals surface area contributed by atoms with Gasteiger partial charge in [-0.25, -0.2) is 8.78 Å². The zero-order chi connectivity index (χ0) is 17.9. The van der Waals surface area contributed by atoms with E-state index in [1.807, 2.05) is 0 Å². The average molecular weight is 348 g/mol. The number of benzene rings is 1. The Morgan fingerprint density at radius 3 is 2.52 bits per heavy atom. The van der Waals surface area contributed by atoms with Gasteiger partial charge < -0.3 is 20.9 Å². The molecule has 2 fully saturated rings. The van der Waals surface area contributed by atoms with Gasteiger partial charge in [-0.3, -0.25) is 4.79 Å². The molecule has 7 heteroatoms. The van der Waals surface area contributed by atoms with Gasteiger partial charge in [0.2, 0.25) is 0 Å². The van der Waals surface area contributed by atoms with Crippen molar-refractivity contribution in [3.05, 3.63) is 39.2 Å². The fourth-order valence-corrected chi connectivity index (χ4v) is 4.00. The van der Waals surface area contributed by atoms with Crippen molar-refractivity contribution in [2.75, 3.05) is 18.0 Å². The number of nitrogens with zero attached hydrogens (tertiary/aromatic N) is 2. The zero-order valence-electron chi connectivity index (χ0n) is 14.2. The van der Waals surface area contributed by atoms with Gasteiger partial charge in [0.25, 0.3) is 5.56 Å². The molecule has 25 heavy (non-hydrogen) atoms. The molecule has 0 radical (unpaired) electrons. The third-order valence-electron chi connectivity index (χ3n) is 5.34. The van der Waals surface area contributed by atoms with Crippen LogP contribution in [0.5, 0.6) is 0 Å². The van der Waals surface area contributed by atoms with E-state index in [0.29, 0.717) is 29.7 Å². The first-order chi connectivity index (χ1) is 11.9. The first kappa shape index (κ1) is 16.5. The highest BCUT2D eigenvalue weighted by atomic mass is 19.2. The lowest BCUT2D eigenvalue weighted by atomic mass is 10.0. The number of anilines is 1. The lowest BCUT2D eigenvalue weighted by molar-refractivity contribution is 0.513. The summed E-state index contributed by atoms with van der Waals surface area (Å²) in [7, 11) is 0. The van der Waals surface area contributed by atoms with Gasteiger partial charge in [-0.15, -0.1) is 0 Å². The van der Waals surface area contributed by atoms with Crippen LogP contribution in [0.1, 0.15) is 36.4 Å². The molecule has 1 aliphatic heterocycles. The molecule has 2 heterocycles. The molecule has 134 valence electrons. The summed E-state index contributed by atoms with van der Waals surface area (Å²) in [6, 6.07) is 1.34. The van der Waals surface area contributed by atoms with E-state index in [-0.39, 0.29) is 35.3 Å². The Morgan fingerprint density at radius 1 is 1.24 bits per heavy atom. The van der Waals surface area contributed by atoms with E-state index in [9.17, 15) is 9.18 Å². The van der Waals surface area contributed by atoms with Crippen LogP contribution in [0, 0.1) is 18.6 Å². The van der Waals surface area contributed by atoms with Crippen LogP contribution in [-0.4, -0.2) is 23.7 Å². The van der Waals surface area contributed by atoms with Gasteiger partial charge in [-0.2, -0.15) is 0 Å². The lowest BCUT2D eigenvalue weighted by Gasteiger charge is -2.25. The Balaban J connectivity index is 2.09. The minimum absolute atomic E-state index is 0.0129. The third kappa shape index (κ3) is 2.45. The molecule has 1 aliphatic carbocycles. The molecule has 5 nitrogen and oxygen atoms in total. The van der Waals surface area contributed by atoms with E-state index in [1.165, 1.54) is 6.07 Å². The van der Waals surface area contributed by atoms with Crippen molar-refractivity contribution >= 4 is 16.6 Å².